The van der Waals surface area contributed by atoms with Crippen LogP contribution < -0.4 is 10.1 Å². The van der Waals surface area contributed by atoms with Gasteiger partial charge in [-0.25, -0.2) is 4.39 Å². The predicted octanol–water partition coefficient (Wildman–Crippen LogP) is 4.39. The summed E-state index contributed by atoms with van der Waals surface area (Å²) in [5.74, 6) is 0.128. The zero-order valence-electron chi connectivity index (χ0n) is 14.6. The van der Waals surface area contributed by atoms with Crippen LogP contribution in [0.3, 0.4) is 0 Å². The Morgan fingerprint density at radius 2 is 1.85 bits per heavy atom. The molecule has 0 aliphatic heterocycles. The van der Waals surface area contributed by atoms with Crippen molar-refractivity contribution in [3.05, 3.63) is 96.1 Å². The maximum absolute atomic E-state index is 14.2. The Labute approximate surface area is 157 Å². The monoisotopic (exact) mass is 362 g/mol. The first kappa shape index (κ1) is 18.3. The number of carbonyl (C=O) groups is 1. The number of pyridine rings is 1. The fraction of sp³-hybridized carbons (Fsp3) is 0.0909. The van der Waals surface area contributed by atoms with Gasteiger partial charge in [0.15, 0.2) is 11.6 Å². The molecule has 1 aromatic heterocycles. The van der Waals surface area contributed by atoms with Crippen LogP contribution in [0.25, 0.3) is 6.08 Å². The van der Waals surface area contributed by atoms with Gasteiger partial charge in [0, 0.05) is 25.0 Å². The van der Waals surface area contributed by atoms with E-state index in [0.717, 1.165) is 11.1 Å². The van der Waals surface area contributed by atoms with Crippen molar-refractivity contribution in [1.29, 1.82) is 0 Å². The van der Waals surface area contributed by atoms with Gasteiger partial charge in [0.1, 0.15) is 5.75 Å². The summed E-state index contributed by atoms with van der Waals surface area (Å²) in [5.41, 5.74) is 1.68. The third-order valence-electron chi connectivity index (χ3n) is 3.81. The Bertz CT molecular complexity index is 912. The minimum atomic E-state index is -0.430. The molecule has 3 rings (SSSR count). The van der Waals surface area contributed by atoms with Gasteiger partial charge in [-0.15, -0.1) is 0 Å². The fourth-order valence-corrected chi connectivity index (χ4v) is 2.43. The summed E-state index contributed by atoms with van der Waals surface area (Å²) in [5, 5.41) is 2.78. The summed E-state index contributed by atoms with van der Waals surface area (Å²) in [6.45, 7) is 0.415. The van der Waals surface area contributed by atoms with Crippen molar-refractivity contribution >= 4 is 12.0 Å². The van der Waals surface area contributed by atoms with Crippen LogP contribution in [0, 0.1) is 5.82 Å². The molecule has 0 atom stereocenters. The van der Waals surface area contributed by atoms with Crippen LogP contribution in [0.2, 0.25) is 0 Å². The van der Waals surface area contributed by atoms with E-state index in [2.05, 4.69) is 10.3 Å². The quantitative estimate of drug-likeness (QED) is 0.635. The molecule has 136 valence electrons. The van der Waals surface area contributed by atoms with E-state index >= 15 is 0 Å². The second-order valence-electron chi connectivity index (χ2n) is 5.83. The van der Waals surface area contributed by atoms with Crippen molar-refractivity contribution in [2.45, 2.75) is 6.42 Å². The molecule has 0 fully saturated rings. The van der Waals surface area contributed by atoms with Crippen molar-refractivity contribution in [3.63, 3.8) is 0 Å². The summed E-state index contributed by atoms with van der Waals surface area (Å²) < 4.78 is 19.7. The summed E-state index contributed by atoms with van der Waals surface area (Å²) in [7, 11) is 0. The number of nitrogens with zero attached hydrogens (tertiary/aromatic N) is 1. The molecule has 0 radical (unpaired) electrons. The highest BCUT2D eigenvalue weighted by Gasteiger charge is 2.06. The number of para-hydroxylation sites is 1. The maximum Gasteiger partial charge on any atom is 0.244 e. The van der Waals surface area contributed by atoms with E-state index in [-0.39, 0.29) is 11.7 Å². The van der Waals surface area contributed by atoms with E-state index < -0.39 is 5.82 Å². The van der Waals surface area contributed by atoms with Crippen LogP contribution in [0.5, 0.6) is 11.5 Å². The number of nitrogens with one attached hydrogen (secondary N) is 1. The Hall–Kier alpha value is -3.47. The number of carbonyl (C=O) groups excluding carboxylic acids is 1. The van der Waals surface area contributed by atoms with Crippen LogP contribution in [0.1, 0.15) is 11.1 Å². The first-order valence-electron chi connectivity index (χ1n) is 8.58. The SMILES string of the molecule is O=C(/C=C/c1ccncc1)NCCc1ccc(Oc2ccccc2)c(F)c1. The van der Waals surface area contributed by atoms with Gasteiger partial charge < -0.3 is 10.1 Å². The van der Waals surface area contributed by atoms with Gasteiger partial charge >= 0.3 is 0 Å². The molecule has 5 heteroatoms. The lowest BCUT2D eigenvalue weighted by Gasteiger charge is -2.08. The molecule has 1 amide bonds. The zero-order valence-corrected chi connectivity index (χ0v) is 14.6. The molecule has 0 saturated heterocycles. The second-order valence-corrected chi connectivity index (χ2v) is 5.83. The molecule has 4 nitrogen and oxygen atoms in total. The number of hydrogen-bond acceptors (Lipinski definition) is 3. The van der Waals surface area contributed by atoms with Crippen molar-refractivity contribution in [1.82, 2.24) is 10.3 Å². The van der Waals surface area contributed by atoms with Crippen molar-refractivity contribution < 1.29 is 13.9 Å². The molecule has 3 aromatic rings. The van der Waals surface area contributed by atoms with Gasteiger partial charge in [-0.1, -0.05) is 24.3 Å². The van der Waals surface area contributed by atoms with E-state index in [1.807, 2.05) is 30.3 Å². The molecule has 0 aliphatic carbocycles. The van der Waals surface area contributed by atoms with Gasteiger partial charge in [-0.05, 0) is 60.0 Å². The van der Waals surface area contributed by atoms with Crippen LogP contribution in [0.4, 0.5) is 4.39 Å². The van der Waals surface area contributed by atoms with E-state index in [4.69, 9.17) is 4.74 Å². The highest BCUT2D eigenvalue weighted by Crippen LogP contribution is 2.24. The maximum atomic E-state index is 14.2. The fourth-order valence-electron chi connectivity index (χ4n) is 2.43. The highest BCUT2D eigenvalue weighted by atomic mass is 19.1. The lowest BCUT2D eigenvalue weighted by Crippen LogP contribution is -2.23. The predicted molar refractivity (Wildman–Crippen MR) is 103 cm³/mol. The van der Waals surface area contributed by atoms with E-state index in [1.165, 1.54) is 12.1 Å². The first-order chi connectivity index (χ1) is 13.2. The van der Waals surface area contributed by atoms with Crippen molar-refractivity contribution in [2.24, 2.45) is 0 Å². The van der Waals surface area contributed by atoms with Crippen LogP contribution in [0.15, 0.2) is 79.1 Å². The van der Waals surface area contributed by atoms with Gasteiger partial charge in [0.2, 0.25) is 5.91 Å². The molecule has 0 spiro atoms. The Morgan fingerprint density at radius 1 is 1.07 bits per heavy atom. The van der Waals surface area contributed by atoms with Crippen LogP contribution >= 0.6 is 0 Å². The lowest BCUT2D eigenvalue weighted by atomic mass is 10.1. The third kappa shape index (κ3) is 5.78. The minimum Gasteiger partial charge on any atom is -0.454 e. The number of halogens is 1. The summed E-state index contributed by atoms with van der Waals surface area (Å²) in [4.78, 5) is 15.7. The largest absolute Gasteiger partial charge is 0.454 e. The average molecular weight is 362 g/mol. The van der Waals surface area contributed by atoms with Crippen molar-refractivity contribution in [3.8, 4) is 11.5 Å². The molecule has 0 aliphatic rings. The smallest absolute Gasteiger partial charge is 0.244 e. The van der Waals surface area contributed by atoms with Crippen LogP contribution in [-0.4, -0.2) is 17.4 Å². The zero-order chi connectivity index (χ0) is 18.9. The van der Waals surface area contributed by atoms with E-state index in [9.17, 15) is 9.18 Å². The van der Waals surface area contributed by atoms with Gasteiger partial charge in [0.25, 0.3) is 0 Å². The number of aromatic nitrogens is 1. The molecule has 27 heavy (non-hydrogen) atoms. The summed E-state index contributed by atoms with van der Waals surface area (Å²) in [6, 6.07) is 17.5. The van der Waals surface area contributed by atoms with Crippen LogP contribution in [-0.2, 0) is 11.2 Å². The standard InChI is InChI=1S/C22H19FN2O2/c23-20-16-18(6-8-21(20)27-19-4-2-1-3-5-19)12-15-25-22(26)9-7-17-10-13-24-14-11-17/h1-11,13-14,16H,12,15H2,(H,25,26)/b9-7+. The number of hydrogen-bond donors (Lipinski definition) is 1. The average Bonchev–Trinajstić information content (AvgIpc) is 2.70. The topological polar surface area (TPSA) is 51.2 Å². The Balaban J connectivity index is 1.49. The molecule has 0 bridgehead atoms. The molecule has 0 unspecified atom stereocenters. The molecular formula is C22H19FN2O2. The number of rotatable bonds is 7. The second kappa shape index (κ2) is 9.29. The highest BCUT2D eigenvalue weighted by molar-refractivity contribution is 5.91. The molecule has 0 saturated carbocycles. The van der Waals surface area contributed by atoms with Gasteiger partial charge in [-0.3, -0.25) is 9.78 Å². The normalized spacial score (nSPS) is 10.7. The summed E-state index contributed by atoms with van der Waals surface area (Å²) >= 11 is 0. The Kier molecular flexibility index (Phi) is 6.30. The first-order valence-corrected chi connectivity index (χ1v) is 8.58. The minimum absolute atomic E-state index is 0.175. The van der Waals surface area contributed by atoms with Gasteiger partial charge in [0.05, 0.1) is 0 Å². The van der Waals surface area contributed by atoms with Crippen molar-refractivity contribution in [2.75, 3.05) is 6.54 Å². The molecule has 2 aromatic carbocycles. The molecule has 1 N–H and O–H groups in total. The van der Waals surface area contributed by atoms with E-state index in [1.54, 1.807) is 42.7 Å². The van der Waals surface area contributed by atoms with Gasteiger partial charge in [-0.2, -0.15) is 0 Å². The van der Waals surface area contributed by atoms with E-state index in [0.29, 0.717) is 18.7 Å². The number of ether oxygens (including phenoxy) is 1. The number of benzene rings is 2. The third-order valence-corrected chi connectivity index (χ3v) is 3.81. The number of amides is 1. The Morgan fingerprint density at radius 3 is 2.59 bits per heavy atom. The molecular weight excluding hydrogens is 343 g/mol. The summed E-state index contributed by atoms with van der Waals surface area (Å²) in [6.07, 6.45) is 7.03. The lowest BCUT2D eigenvalue weighted by molar-refractivity contribution is -0.116. The molecule has 1 heterocycles.